The lowest BCUT2D eigenvalue weighted by molar-refractivity contribution is 0.0535. The Balaban J connectivity index is 2.27. The molecule has 0 radical (unpaired) electrons. The third-order valence-electron chi connectivity index (χ3n) is 3.94. The van der Waals surface area contributed by atoms with Crippen LogP contribution in [0.1, 0.15) is 31.4 Å². The lowest BCUT2D eigenvalue weighted by Gasteiger charge is -2.32. The van der Waals surface area contributed by atoms with Crippen LogP contribution in [0.4, 0.5) is 0 Å². The third kappa shape index (κ3) is 3.44. The van der Waals surface area contributed by atoms with E-state index < -0.39 is 0 Å². The Kier molecular flexibility index (Phi) is 5.68. The largest absolute Gasteiger partial charge is 0.497 e. The van der Waals surface area contributed by atoms with Gasteiger partial charge < -0.3 is 19.5 Å². The number of hydrogen-bond donors (Lipinski definition) is 1. The van der Waals surface area contributed by atoms with Gasteiger partial charge in [-0.3, -0.25) is 0 Å². The van der Waals surface area contributed by atoms with Gasteiger partial charge in [-0.25, -0.2) is 0 Å². The van der Waals surface area contributed by atoms with E-state index in [4.69, 9.17) is 14.2 Å². The zero-order valence-electron chi connectivity index (χ0n) is 12.6. The number of nitrogens with one attached hydrogen (secondary N) is 1. The van der Waals surface area contributed by atoms with Crippen molar-refractivity contribution in [1.29, 1.82) is 0 Å². The van der Waals surface area contributed by atoms with Crippen molar-refractivity contribution < 1.29 is 14.2 Å². The molecule has 4 heteroatoms. The fraction of sp³-hybridized carbons (Fsp3) is 0.625. The first kappa shape index (κ1) is 15.1. The number of rotatable bonds is 6. The lowest BCUT2D eigenvalue weighted by Crippen LogP contribution is -2.32. The van der Waals surface area contributed by atoms with Gasteiger partial charge in [0.25, 0.3) is 0 Å². The SMILES string of the molecule is CCNC(c1ccc(OC)cc1OC)C1CCOCC1. The second-order valence-electron chi connectivity index (χ2n) is 5.09. The molecule has 0 amide bonds. The van der Waals surface area contributed by atoms with E-state index in [1.54, 1.807) is 14.2 Å². The first-order valence-electron chi connectivity index (χ1n) is 7.33. The fourth-order valence-electron chi connectivity index (χ4n) is 2.87. The molecule has 1 unspecified atom stereocenters. The maximum atomic E-state index is 5.55. The van der Waals surface area contributed by atoms with Crippen LogP contribution in [0.2, 0.25) is 0 Å². The van der Waals surface area contributed by atoms with Crippen molar-refractivity contribution in [2.75, 3.05) is 34.0 Å². The molecule has 4 nitrogen and oxygen atoms in total. The Hall–Kier alpha value is -1.26. The highest BCUT2D eigenvalue weighted by Crippen LogP contribution is 2.36. The molecular weight excluding hydrogens is 254 g/mol. The standard InChI is InChI=1S/C16H25NO3/c1-4-17-16(12-7-9-20-10-8-12)14-6-5-13(18-2)11-15(14)19-3/h5-6,11-12,16-17H,4,7-10H2,1-3H3. The predicted molar refractivity (Wildman–Crippen MR) is 79.5 cm³/mol. The summed E-state index contributed by atoms with van der Waals surface area (Å²) in [5.74, 6) is 2.31. The molecule has 1 aromatic carbocycles. The first-order valence-corrected chi connectivity index (χ1v) is 7.33. The first-order chi connectivity index (χ1) is 9.80. The van der Waals surface area contributed by atoms with Gasteiger partial charge in [0, 0.05) is 30.9 Å². The minimum atomic E-state index is 0.310. The van der Waals surface area contributed by atoms with E-state index in [-0.39, 0.29) is 0 Å². The Bertz CT molecular complexity index is 416. The Morgan fingerprint density at radius 3 is 2.60 bits per heavy atom. The highest BCUT2D eigenvalue weighted by atomic mass is 16.5. The van der Waals surface area contributed by atoms with E-state index in [0.717, 1.165) is 44.1 Å². The van der Waals surface area contributed by atoms with Crippen molar-refractivity contribution in [2.45, 2.75) is 25.8 Å². The van der Waals surface area contributed by atoms with Gasteiger partial charge in [-0.1, -0.05) is 13.0 Å². The summed E-state index contributed by atoms with van der Waals surface area (Å²) in [6, 6.07) is 6.38. The van der Waals surface area contributed by atoms with Crippen LogP contribution in [-0.2, 0) is 4.74 Å². The van der Waals surface area contributed by atoms with Crippen LogP contribution in [0.25, 0.3) is 0 Å². The summed E-state index contributed by atoms with van der Waals surface area (Å²) in [6.45, 7) is 4.79. The topological polar surface area (TPSA) is 39.7 Å². The van der Waals surface area contributed by atoms with Crippen molar-refractivity contribution in [3.63, 3.8) is 0 Å². The van der Waals surface area contributed by atoms with Gasteiger partial charge in [0.15, 0.2) is 0 Å². The molecule has 2 rings (SSSR count). The summed E-state index contributed by atoms with van der Waals surface area (Å²) in [7, 11) is 3.39. The fourth-order valence-corrected chi connectivity index (χ4v) is 2.87. The van der Waals surface area contributed by atoms with Crippen molar-refractivity contribution in [3.05, 3.63) is 23.8 Å². The van der Waals surface area contributed by atoms with Crippen molar-refractivity contribution >= 4 is 0 Å². The molecule has 1 N–H and O–H groups in total. The molecule has 1 saturated heterocycles. The maximum Gasteiger partial charge on any atom is 0.127 e. The zero-order chi connectivity index (χ0) is 14.4. The Morgan fingerprint density at radius 2 is 2.00 bits per heavy atom. The van der Waals surface area contributed by atoms with Crippen LogP contribution >= 0.6 is 0 Å². The lowest BCUT2D eigenvalue weighted by atomic mass is 9.86. The van der Waals surface area contributed by atoms with Crippen LogP contribution in [0.5, 0.6) is 11.5 Å². The zero-order valence-corrected chi connectivity index (χ0v) is 12.6. The summed E-state index contributed by atoms with van der Waals surface area (Å²) < 4.78 is 16.3. The molecule has 1 aliphatic rings. The van der Waals surface area contributed by atoms with Gasteiger partial charge in [-0.05, 0) is 31.4 Å². The summed E-state index contributed by atoms with van der Waals surface area (Å²) in [5.41, 5.74) is 1.21. The van der Waals surface area contributed by atoms with Crippen molar-refractivity contribution in [1.82, 2.24) is 5.32 Å². The Morgan fingerprint density at radius 1 is 1.25 bits per heavy atom. The predicted octanol–water partition coefficient (Wildman–Crippen LogP) is 2.78. The molecule has 0 bridgehead atoms. The van der Waals surface area contributed by atoms with E-state index in [1.165, 1.54) is 5.56 Å². The number of benzene rings is 1. The van der Waals surface area contributed by atoms with Gasteiger partial charge >= 0.3 is 0 Å². The molecule has 1 heterocycles. The van der Waals surface area contributed by atoms with Gasteiger partial charge in [0.1, 0.15) is 11.5 Å². The van der Waals surface area contributed by atoms with Crippen LogP contribution in [0.3, 0.4) is 0 Å². The maximum absolute atomic E-state index is 5.55. The number of ether oxygens (including phenoxy) is 3. The minimum Gasteiger partial charge on any atom is -0.497 e. The minimum absolute atomic E-state index is 0.310. The van der Waals surface area contributed by atoms with Gasteiger partial charge in [0.2, 0.25) is 0 Å². The van der Waals surface area contributed by atoms with Crippen molar-refractivity contribution in [2.24, 2.45) is 5.92 Å². The van der Waals surface area contributed by atoms with Crippen LogP contribution in [0, 0.1) is 5.92 Å². The molecule has 0 aliphatic carbocycles. The second-order valence-corrected chi connectivity index (χ2v) is 5.09. The van der Waals surface area contributed by atoms with E-state index in [1.807, 2.05) is 12.1 Å². The summed E-state index contributed by atoms with van der Waals surface area (Å²) in [4.78, 5) is 0. The molecule has 1 aliphatic heterocycles. The van der Waals surface area contributed by atoms with Gasteiger partial charge in [0.05, 0.1) is 14.2 Å². The van der Waals surface area contributed by atoms with E-state index in [2.05, 4.69) is 18.3 Å². The number of methoxy groups -OCH3 is 2. The van der Waals surface area contributed by atoms with E-state index in [9.17, 15) is 0 Å². The molecule has 1 fully saturated rings. The summed E-state index contributed by atoms with van der Waals surface area (Å²) in [6.07, 6.45) is 2.18. The quantitative estimate of drug-likeness (QED) is 0.869. The molecule has 1 aromatic rings. The second kappa shape index (κ2) is 7.50. The third-order valence-corrected chi connectivity index (χ3v) is 3.94. The van der Waals surface area contributed by atoms with Gasteiger partial charge in [-0.2, -0.15) is 0 Å². The highest BCUT2D eigenvalue weighted by Gasteiger charge is 2.27. The van der Waals surface area contributed by atoms with Crippen molar-refractivity contribution in [3.8, 4) is 11.5 Å². The average Bonchev–Trinajstić information content (AvgIpc) is 2.53. The molecule has 0 saturated carbocycles. The molecule has 1 atom stereocenters. The Labute approximate surface area is 121 Å². The monoisotopic (exact) mass is 279 g/mol. The molecule has 20 heavy (non-hydrogen) atoms. The van der Waals surface area contributed by atoms with Crippen LogP contribution in [-0.4, -0.2) is 34.0 Å². The summed E-state index contributed by atoms with van der Waals surface area (Å²) >= 11 is 0. The molecule has 0 aromatic heterocycles. The van der Waals surface area contributed by atoms with E-state index >= 15 is 0 Å². The smallest absolute Gasteiger partial charge is 0.127 e. The normalized spacial score (nSPS) is 17.8. The summed E-state index contributed by atoms with van der Waals surface area (Å²) in [5, 5.41) is 3.60. The molecule has 112 valence electrons. The van der Waals surface area contributed by atoms with Crippen LogP contribution in [0.15, 0.2) is 18.2 Å². The molecule has 0 spiro atoms. The van der Waals surface area contributed by atoms with E-state index in [0.29, 0.717) is 12.0 Å². The molecular formula is C16H25NO3. The average molecular weight is 279 g/mol. The van der Waals surface area contributed by atoms with Gasteiger partial charge in [-0.15, -0.1) is 0 Å². The van der Waals surface area contributed by atoms with Crippen LogP contribution < -0.4 is 14.8 Å². The highest BCUT2D eigenvalue weighted by molar-refractivity contribution is 5.42. The number of hydrogen-bond acceptors (Lipinski definition) is 4.